The lowest BCUT2D eigenvalue weighted by Gasteiger charge is -2.27. The SMILES string of the molecule is CC1(C(=O)NCc2nc(C(=O)O)cs2)CCCC1N. The van der Waals surface area contributed by atoms with Gasteiger partial charge in [0.1, 0.15) is 5.01 Å². The van der Waals surface area contributed by atoms with Crippen LogP contribution in [-0.4, -0.2) is 28.0 Å². The largest absolute Gasteiger partial charge is 0.476 e. The molecule has 1 fully saturated rings. The van der Waals surface area contributed by atoms with Crippen molar-refractivity contribution >= 4 is 23.2 Å². The molecular weight excluding hydrogens is 266 g/mol. The van der Waals surface area contributed by atoms with Crippen LogP contribution < -0.4 is 11.1 Å². The summed E-state index contributed by atoms with van der Waals surface area (Å²) in [6, 6.07) is -0.113. The number of nitrogens with zero attached hydrogens (tertiary/aromatic N) is 1. The Labute approximate surface area is 115 Å². The molecule has 1 aliphatic carbocycles. The molecule has 1 amide bonds. The maximum atomic E-state index is 12.2. The molecule has 7 heteroatoms. The summed E-state index contributed by atoms with van der Waals surface area (Å²) in [5.74, 6) is -1.14. The van der Waals surface area contributed by atoms with Gasteiger partial charge < -0.3 is 16.2 Å². The number of rotatable bonds is 4. The van der Waals surface area contributed by atoms with Crippen molar-refractivity contribution in [3.63, 3.8) is 0 Å². The van der Waals surface area contributed by atoms with Crippen LogP contribution in [-0.2, 0) is 11.3 Å². The van der Waals surface area contributed by atoms with Crippen LogP contribution in [0.1, 0.15) is 41.7 Å². The maximum absolute atomic E-state index is 12.2. The molecule has 1 saturated carbocycles. The van der Waals surface area contributed by atoms with Crippen LogP contribution in [0.25, 0.3) is 0 Å². The topological polar surface area (TPSA) is 105 Å². The Morgan fingerprint density at radius 3 is 2.95 bits per heavy atom. The van der Waals surface area contributed by atoms with Crippen LogP contribution in [0, 0.1) is 5.41 Å². The van der Waals surface area contributed by atoms with E-state index in [1.165, 1.54) is 16.7 Å². The average Bonchev–Trinajstić information content (AvgIpc) is 2.95. The number of thiazole rings is 1. The molecule has 2 rings (SSSR count). The number of nitrogens with two attached hydrogens (primary N) is 1. The fraction of sp³-hybridized carbons (Fsp3) is 0.583. The maximum Gasteiger partial charge on any atom is 0.355 e. The molecule has 1 aliphatic rings. The summed E-state index contributed by atoms with van der Waals surface area (Å²) < 4.78 is 0. The van der Waals surface area contributed by atoms with Gasteiger partial charge in [0.05, 0.1) is 12.0 Å². The first-order chi connectivity index (χ1) is 8.93. The Morgan fingerprint density at radius 2 is 2.42 bits per heavy atom. The Morgan fingerprint density at radius 1 is 1.68 bits per heavy atom. The van der Waals surface area contributed by atoms with Crippen molar-refractivity contribution in [1.29, 1.82) is 0 Å². The average molecular weight is 283 g/mol. The van der Waals surface area contributed by atoms with E-state index >= 15 is 0 Å². The number of carbonyl (C=O) groups excluding carboxylic acids is 1. The quantitative estimate of drug-likeness (QED) is 0.763. The minimum absolute atomic E-state index is 0.0121. The van der Waals surface area contributed by atoms with Crippen molar-refractivity contribution < 1.29 is 14.7 Å². The predicted molar refractivity (Wildman–Crippen MR) is 70.9 cm³/mol. The Kier molecular flexibility index (Phi) is 3.86. The Balaban J connectivity index is 1.94. The lowest BCUT2D eigenvalue weighted by molar-refractivity contribution is -0.130. The number of hydrogen-bond acceptors (Lipinski definition) is 5. The van der Waals surface area contributed by atoms with Crippen molar-refractivity contribution in [2.45, 2.75) is 38.8 Å². The highest BCUT2D eigenvalue weighted by molar-refractivity contribution is 7.09. The summed E-state index contributed by atoms with van der Waals surface area (Å²) in [5.41, 5.74) is 5.47. The molecule has 0 aromatic carbocycles. The second-order valence-corrected chi connectivity index (χ2v) is 5.97. The smallest absolute Gasteiger partial charge is 0.355 e. The number of aromatic nitrogens is 1. The molecule has 6 nitrogen and oxygen atoms in total. The third-order valence-corrected chi connectivity index (χ3v) is 4.57. The van der Waals surface area contributed by atoms with Crippen molar-refractivity contribution in [1.82, 2.24) is 10.3 Å². The van der Waals surface area contributed by atoms with Crippen LogP contribution in [0.5, 0.6) is 0 Å². The van der Waals surface area contributed by atoms with Crippen LogP contribution in [0.2, 0.25) is 0 Å². The summed E-state index contributed by atoms with van der Waals surface area (Å²) in [6.45, 7) is 2.13. The molecule has 0 radical (unpaired) electrons. The second-order valence-electron chi connectivity index (χ2n) is 5.03. The lowest BCUT2D eigenvalue weighted by Crippen LogP contribution is -2.47. The molecule has 1 aromatic rings. The summed E-state index contributed by atoms with van der Waals surface area (Å²) in [5, 5.41) is 13.6. The molecule has 0 aliphatic heterocycles. The fourth-order valence-electron chi connectivity index (χ4n) is 2.32. The first kappa shape index (κ1) is 14.0. The monoisotopic (exact) mass is 283 g/mol. The summed E-state index contributed by atoms with van der Waals surface area (Å²) >= 11 is 1.22. The Hall–Kier alpha value is -1.47. The van der Waals surface area contributed by atoms with E-state index in [0.717, 1.165) is 19.3 Å². The van der Waals surface area contributed by atoms with E-state index in [9.17, 15) is 9.59 Å². The summed E-state index contributed by atoms with van der Waals surface area (Å²) in [4.78, 5) is 26.8. The zero-order valence-corrected chi connectivity index (χ0v) is 11.5. The number of nitrogens with one attached hydrogen (secondary N) is 1. The van der Waals surface area contributed by atoms with Gasteiger partial charge in [0, 0.05) is 11.4 Å². The van der Waals surface area contributed by atoms with Gasteiger partial charge in [-0.25, -0.2) is 9.78 Å². The van der Waals surface area contributed by atoms with Gasteiger partial charge in [0.25, 0.3) is 0 Å². The summed E-state index contributed by atoms with van der Waals surface area (Å²) in [6.07, 6.45) is 2.62. The van der Waals surface area contributed by atoms with Gasteiger partial charge in [-0.1, -0.05) is 6.42 Å². The molecule has 2 unspecified atom stereocenters. The third-order valence-electron chi connectivity index (χ3n) is 3.72. The molecule has 1 heterocycles. The molecule has 104 valence electrons. The van der Waals surface area contributed by atoms with E-state index in [1.54, 1.807) is 0 Å². The van der Waals surface area contributed by atoms with E-state index in [0.29, 0.717) is 5.01 Å². The van der Waals surface area contributed by atoms with E-state index in [4.69, 9.17) is 10.8 Å². The van der Waals surface area contributed by atoms with Gasteiger partial charge in [-0.2, -0.15) is 0 Å². The number of aromatic carboxylic acids is 1. The van der Waals surface area contributed by atoms with Crippen molar-refractivity contribution in [3.8, 4) is 0 Å². The molecular formula is C12H17N3O3S. The van der Waals surface area contributed by atoms with Crippen LogP contribution in [0.3, 0.4) is 0 Å². The van der Waals surface area contributed by atoms with Gasteiger partial charge in [0.15, 0.2) is 5.69 Å². The Bertz CT molecular complexity index is 502. The van der Waals surface area contributed by atoms with Crippen LogP contribution >= 0.6 is 11.3 Å². The van der Waals surface area contributed by atoms with Gasteiger partial charge >= 0.3 is 5.97 Å². The zero-order valence-electron chi connectivity index (χ0n) is 10.7. The van der Waals surface area contributed by atoms with Gasteiger partial charge in [0.2, 0.25) is 5.91 Å². The molecule has 0 bridgehead atoms. The second kappa shape index (κ2) is 5.26. The number of hydrogen-bond donors (Lipinski definition) is 3. The number of carbonyl (C=O) groups is 2. The van der Waals surface area contributed by atoms with E-state index in [2.05, 4.69) is 10.3 Å². The first-order valence-electron chi connectivity index (χ1n) is 6.15. The van der Waals surface area contributed by atoms with E-state index in [1.807, 2.05) is 6.92 Å². The van der Waals surface area contributed by atoms with Crippen LogP contribution in [0.15, 0.2) is 5.38 Å². The van der Waals surface area contributed by atoms with E-state index < -0.39 is 11.4 Å². The fourth-order valence-corrected chi connectivity index (χ4v) is 3.03. The van der Waals surface area contributed by atoms with Crippen molar-refractivity contribution in [2.24, 2.45) is 11.1 Å². The number of amides is 1. The standard InChI is InChI=1S/C12H17N3O3S/c1-12(4-2-3-8(12)13)11(18)14-5-9-15-7(6-19-9)10(16)17/h6,8H,2-5,13H2,1H3,(H,14,18)(H,16,17). The van der Waals surface area contributed by atoms with Gasteiger partial charge in [-0.05, 0) is 19.8 Å². The van der Waals surface area contributed by atoms with Gasteiger partial charge in [-0.3, -0.25) is 4.79 Å². The number of carboxylic acid groups (broad SMARTS) is 1. The molecule has 2 atom stereocenters. The normalized spacial score (nSPS) is 26.3. The van der Waals surface area contributed by atoms with E-state index in [-0.39, 0.29) is 24.2 Å². The highest BCUT2D eigenvalue weighted by Gasteiger charge is 2.42. The minimum atomic E-state index is -1.06. The third kappa shape index (κ3) is 2.76. The van der Waals surface area contributed by atoms with Crippen LogP contribution in [0.4, 0.5) is 0 Å². The molecule has 1 aromatic heterocycles. The highest BCUT2D eigenvalue weighted by atomic mass is 32.1. The summed E-state index contributed by atoms with van der Waals surface area (Å²) in [7, 11) is 0. The lowest BCUT2D eigenvalue weighted by atomic mass is 9.84. The number of carboxylic acids is 1. The first-order valence-corrected chi connectivity index (χ1v) is 7.03. The van der Waals surface area contributed by atoms with Crippen molar-refractivity contribution in [2.75, 3.05) is 0 Å². The van der Waals surface area contributed by atoms with Crippen molar-refractivity contribution in [3.05, 3.63) is 16.1 Å². The predicted octanol–water partition coefficient (Wildman–Crippen LogP) is 0.975. The van der Waals surface area contributed by atoms with Gasteiger partial charge in [-0.15, -0.1) is 11.3 Å². The molecule has 19 heavy (non-hydrogen) atoms. The molecule has 4 N–H and O–H groups in total. The highest BCUT2D eigenvalue weighted by Crippen LogP contribution is 2.36. The minimum Gasteiger partial charge on any atom is -0.476 e. The molecule has 0 spiro atoms. The zero-order chi connectivity index (χ0) is 14.0. The molecule has 0 saturated heterocycles.